The number of hydrogen-bond acceptors (Lipinski definition) is 4. The first-order valence-electron chi connectivity index (χ1n) is 6.23. The summed E-state index contributed by atoms with van der Waals surface area (Å²) in [6.45, 7) is 0.917. The molecule has 0 saturated heterocycles. The summed E-state index contributed by atoms with van der Waals surface area (Å²) in [5, 5.41) is 9.29. The van der Waals surface area contributed by atoms with Gasteiger partial charge in [0.2, 0.25) is 0 Å². The normalized spacial score (nSPS) is 10.9. The van der Waals surface area contributed by atoms with Crippen LogP contribution in [0, 0.1) is 0 Å². The molecule has 2 aromatic rings. The molecule has 5 nitrogen and oxygen atoms in total. The van der Waals surface area contributed by atoms with E-state index in [1.807, 2.05) is 0 Å². The Balaban J connectivity index is 2.05. The SMILES string of the molecule is O=c1c2ccncc2ncn1CCCCCCO. The fourth-order valence-electron chi connectivity index (χ4n) is 1.92. The van der Waals surface area contributed by atoms with Crippen LogP contribution in [0.2, 0.25) is 0 Å². The van der Waals surface area contributed by atoms with E-state index in [9.17, 15) is 4.79 Å². The van der Waals surface area contributed by atoms with Crippen molar-refractivity contribution in [1.82, 2.24) is 14.5 Å². The van der Waals surface area contributed by atoms with Crippen LogP contribution in [0.25, 0.3) is 10.9 Å². The third kappa shape index (κ3) is 2.92. The summed E-state index contributed by atoms with van der Waals surface area (Å²) < 4.78 is 1.64. The lowest BCUT2D eigenvalue weighted by atomic mass is 10.2. The highest BCUT2D eigenvalue weighted by Gasteiger charge is 2.03. The van der Waals surface area contributed by atoms with Crippen LogP contribution in [0.3, 0.4) is 0 Å². The predicted molar refractivity (Wildman–Crippen MR) is 69.4 cm³/mol. The molecule has 0 radical (unpaired) electrons. The molecule has 0 saturated carbocycles. The fourth-order valence-corrected chi connectivity index (χ4v) is 1.92. The van der Waals surface area contributed by atoms with Crippen LogP contribution in [-0.4, -0.2) is 26.2 Å². The first kappa shape index (κ1) is 12.7. The van der Waals surface area contributed by atoms with Crippen molar-refractivity contribution < 1.29 is 5.11 Å². The largest absolute Gasteiger partial charge is 0.396 e. The third-order valence-electron chi connectivity index (χ3n) is 2.93. The molecule has 0 fully saturated rings. The van der Waals surface area contributed by atoms with Gasteiger partial charge in [0.25, 0.3) is 5.56 Å². The van der Waals surface area contributed by atoms with Gasteiger partial charge in [-0.2, -0.15) is 0 Å². The molecule has 0 bridgehead atoms. The molecule has 2 rings (SSSR count). The van der Waals surface area contributed by atoms with Crippen molar-refractivity contribution in [2.24, 2.45) is 0 Å². The molecular weight excluding hydrogens is 230 g/mol. The Morgan fingerprint density at radius 2 is 2.06 bits per heavy atom. The number of aromatic nitrogens is 3. The van der Waals surface area contributed by atoms with Crippen molar-refractivity contribution in [2.75, 3.05) is 6.61 Å². The maximum Gasteiger partial charge on any atom is 0.261 e. The zero-order valence-electron chi connectivity index (χ0n) is 10.2. The van der Waals surface area contributed by atoms with E-state index in [4.69, 9.17) is 5.11 Å². The molecule has 0 aliphatic heterocycles. The number of hydrogen-bond donors (Lipinski definition) is 1. The van der Waals surface area contributed by atoms with Crippen LogP contribution in [-0.2, 0) is 6.54 Å². The van der Waals surface area contributed by atoms with Crippen LogP contribution in [0.4, 0.5) is 0 Å². The van der Waals surface area contributed by atoms with Crippen LogP contribution in [0.5, 0.6) is 0 Å². The molecule has 0 amide bonds. The second-order valence-electron chi connectivity index (χ2n) is 4.27. The quantitative estimate of drug-likeness (QED) is 0.782. The van der Waals surface area contributed by atoms with Gasteiger partial charge < -0.3 is 5.11 Å². The predicted octanol–water partition coefficient (Wildman–Crippen LogP) is 1.34. The van der Waals surface area contributed by atoms with Gasteiger partial charge in [0.15, 0.2) is 0 Å². The van der Waals surface area contributed by atoms with Crippen molar-refractivity contribution in [3.63, 3.8) is 0 Å². The molecule has 0 aliphatic carbocycles. The number of rotatable bonds is 6. The van der Waals surface area contributed by atoms with Crippen LogP contribution >= 0.6 is 0 Å². The Kier molecular flexibility index (Phi) is 4.41. The number of aliphatic hydroxyl groups excluding tert-OH is 1. The number of nitrogens with zero attached hydrogens (tertiary/aromatic N) is 3. The monoisotopic (exact) mass is 247 g/mol. The van der Waals surface area contributed by atoms with Gasteiger partial charge >= 0.3 is 0 Å². The number of fused-ring (bicyclic) bond motifs is 1. The third-order valence-corrected chi connectivity index (χ3v) is 2.93. The first-order valence-corrected chi connectivity index (χ1v) is 6.23. The van der Waals surface area contributed by atoms with Crippen LogP contribution < -0.4 is 5.56 Å². The Morgan fingerprint density at radius 3 is 2.89 bits per heavy atom. The Bertz CT molecular complexity index is 565. The molecular formula is C13H17N3O2. The summed E-state index contributed by atoms with van der Waals surface area (Å²) in [7, 11) is 0. The minimum Gasteiger partial charge on any atom is -0.396 e. The van der Waals surface area contributed by atoms with E-state index in [1.165, 1.54) is 0 Å². The zero-order chi connectivity index (χ0) is 12.8. The van der Waals surface area contributed by atoms with Gasteiger partial charge in [-0.05, 0) is 18.9 Å². The van der Waals surface area contributed by atoms with E-state index in [-0.39, 0.29) is 12.2 Å². The maximum atomic E-state index is 12.1. The molecule has 5 heteroatoms. The summed E-state index contributed by atoms with van der Waals surface area (Å²) >= 11 is 0. The lowest BCUT2D eigenvalue weighted by Gasteiger charge is -2.05. The second kappa shape index (κ2) is 6.26. The minimum absolute atomic E-state index is 0.00967. The van der Waals surface area contributed by atoms with Gasteiger partial charge in [-0.1, -0.05) is 12.8 Å². The summed E-state index contributed by atoms with van der Waals surface area (Å²) in [5.41, 5.74) is 0.628. The van der Waals surface area contributed by atoms with Gasteiger partial charge in [0, 0.05) is 19.3 Å². The Morgan fingerprint density at radius 1 is 1.22 bits per heavy atom. The lowest BCUT2D eigenvalue weighted by molar-refractivity contribution is 0.282. The first-order chi connectivity index (χ1) is 8.83. The van der Waals surface area contributed by atoms with E-state index in [0.29, 0.717) is 17.4 Å². The van der Waals surface area contributed by atoms with Crippen LogP contribution in [0.15, 0.2) is 29.6 Å². The van der Waals surface area contributed by atoms with Gasteiger partial charge in [0.1, 0.15) is 0 Å². The molecule has 1 N–H and O–H groups in total. The van der Waals surface area contributed by atoms with E-state index in [1.54, 1.807) is 29.4 Å². The highest BCUT2D eigenvalue weighted by Crippen LogP contribution is 2.04. The fraction of sp³-hybridized carbons (Fsp3) is 0.462. The molecule has 0 aromatic carbocycles. The van der Waals surface area contributed by atoms with Gasteiger partial charge in [-0.3, -0.25) is 14.3 Å². The number of unbranched alkanes of at least 4 members (excludes halogenated alkanes) is 3. The molecule has 2 aromatic heterocycles. The van der Waals surface area contributed by atoms with E-state index in [0.717, 1.165) is 25.7 Å². The highest BCUT2D eigenvalue weighted by atomic mass is 16.2. The van der Waals surface area contributed by atoms with E-state index in [2.05, 4.69) is 9.97 Å². The van der Waals surface area contributed by atoms with Crippen LogP contribution in [0.1, 0.15) is 25.7 Å². The van der Waals surface area contributed by atoms with Crippen molar-refractivity contribution in [3.05, 3.63) is 35.1 Å². The summed E-state index contributed by atoms with van der Waals surface area (Å²) in [6.07, 6.45) is 8.56. The van der Waals surface area contributed by atoms with Crippen molar-refractivity contribution in [1.29, 1.82) is 0 Å². The van der Waals surface area contributed by atoms with Crippen molar-refractivity contribution >= 4 is 10.9 Å². The molecule has 96 valence electrons. The summed E-state index contributed by atoms with van der Waals surface area (Å²) in [5.74, 6) is 0. The summed E-state index contributed by atoms with van der Waals surface area (Å²) in [6, 6.07) is 1.70. The molecule has 0 spiro atoms. The number of aliphatic hydroxyl groups is 1. The van der Waals surface area contributed by atoms with E-state index < -0.39 is 0 Å². The van der Waals surface area contributed by atoms with E-state index >= 15 is 0 Å². The molecule has 0 unspecified atom stereocenters. The maximum absolute atomic E-state index is 12.1. The Hall–Kier alpha value is -1.75. The van der Waals surface area contributed by atoms with Gasteiger partial charge in [-0.15, -0.1) is 0 Å². The molecule has 0 aliphatic rings. The molecule has 18 heavy (non-hydrogen) atoms. The molecule has 2 heterocycles. The molecule has 0 atom stereocenters. The lowest BCUT2D eigenvalue weighted by Crippen LogP contribution is -2.20. The number of pyridine rings is 1. The zero-order valence-corrected chi connectivity index (χ0v) is 10.2. The van der Waals surface area contributed by atoms with Crippen molar-refractivity contribution in [3.8, 4) is 0 Å². The standard InChI is InChI=1S/C13H17N3O2/c17-8-4-2-1-3-7-16-10-15-12-9-14-6-5-11(12)13(16)18/h5-6,9-10,17H,1-4,7-8H2. The minimum atomic E-state index is -0.00967. The summed E-state index contributed by atoms with van der Waals surface area (Å²) in [4.78, 5) is 20.3. The average Bonchev–Trinajstić information content (AvgIpc) is 2.41. The van der Waals surface area contributed by atoms with Gasteiger partial charge in [-0.25, -0.2) is 4.98 Å². The number of aryl methyl sites for hydroxylation is 1. The highest BCUT2D eigenvalue weighted by molar-refractivity contribution is 5.75. The topological polar surface area (TPSA) is 68.0 Å². The Labute approximate surface area is 105 Å². The average molecular weight is 247 g/mol. The second-order valence-corrected chi connectivity index (χ2v) is 4.27. The smallest absolute Gasteiger partial charge is 0.261 e. The van der Waals surface area contributed by atoms with Gasteiger partial charge in [0.05, 0.1) is 23.4 Å². The van der Waals surface area contributed by atoms with Crippen molar-refractivity contribution in [2.45, 2.75) is 32.2 Å².